The molecule has 22 heavy (non-hydrogen) atoms. The van der Waals surface area contributed by atoms with Crippen LogP contribution in [0.4, 0.5) is 0 Å². The summed E-state index contributed by atoms with van der Waals surface area (Å²) < 4.78 is 0. The number of thiocarbonyl (C=S) groups is 1. The van der Waals surface area contributed by atoms with E-state index < -0.39 is 0 Å². The summed E-state index contributed by atoms with van der Waals surface area (Å²) in [4.78, 5) is 6.12. The topological polar surface area (TPSA) is 40.5 Å². The summed E-state index contributed by atoms with van der Waals surface area (Å²) in [6, 6.07) is 15.8. The number of nitrogens with zero attached hydrogens (tertiary/aromatic N) is 3. The first kappa shape index (κ1) is 15.9. The molecule has 0 spiro atoms. The lowest BCUT2D eigenvalue weighted by Crippen LogP contribution is -2.31. The highest BCUT2D eigenvalue weighted by Gasteiger charge is 2.02. The lowest BCUT2D eigenvalue weighted by Gasteiger charge is -2.12. The van der Waals surface area contributed by atoms with Gasteiger partial charge in [-0.25, -0.2) is 0 Å². The molecule has 0 amide bonds. The summed E-state index contributed by atoms with van der Waals surface area (Å²) in [6.07, 6.45) is 5.66. The average molecular weight is 310 g/mol. The van der Waals surface area contributed by atoms with Gasteiger partial charge in [0, 0.05) is 20.3 Å². The summed E-state index contributed by atoms with van der Waals surface area (Å²) in [5.41, 5.74) is 5.47. The zero-order valence-corrected chi connectivity index (χ0v) is 13.4. The minimum Gasteiger partial charge on any atom is -0.354 e. The van der Waals surface area contributed by atoms with Crippen LogP contribution in [0.15, 0.2) is 65.9 Å². The van der Waals surface area contributed by atoms with Crippen molar-refractivity contribution in [2.75, 3.05) is 14.1 Å². The van der Waals surface area contributed by atoms with Gasteiger partial charge in [0.05, 0.1) is 5.69 Å². The van der Waals surface area contributed by atoms with Gasteiger partial charge in [0.2, 0.25) is 0 Å². The van der Waals surface area contributed by atoms with Gasteiger partial charge < -0.3 is 4.90 Å². The summed E-state index contributed by atoms with van der Waals surface area (Å²) in [5.74, 6) is 0. The molecule has 0 fully saturated rings. The van der Waals surface area contributed by atoms with Crippen molar-refractivity contribution in [2.45, 2.75) is 0 Å². The minimum absolute atomic E-state index is 0.543. The normalized spacial score (nSPS) is 11.5. The number of nitrogens with one attached hydrogen (secondary N) is 1. The summed E-state index contributed by atoms with van der Waals surface area (Å²) >= 11 is 5.19. The van der Waals surface area contributed by atoms with Crippen molar-refractivity contribution in [3.8, 4) is 0 Å². The Morgan fingerprint density at radius 3 is 2.50 bits per heavy atom. The van der Waals surface area contributed by atoms with Crippen LogP contribution in [0.25, 0.3) is 6.08 Å². The third-order valence-electron chi connectivity index (χ3n) is 2.84. The van der Waals surface area contributed by atoms with Crippen LogP contribution in [0, 0.1) is 0 Å². The lowest BCUT2D eigenvalue weighted by molar-refractivity contribution is 0.606. The Morgan fingerprint density at radius 1 is 1.14 bits per heavy atom. The van der Waals surface area contributed by atoms with Gasteiger partial charge >= 0.3 is 0 Å². The van der Waals surface area contributed by atoms with Gasteiger partial charge in [-0.3, -0.25) is 10.4 Å². The largest absolute Gasteiger partial charge is 0.354 e. The van der Waals surface area contributed by atoms with Crippen LogP contribution >= 0.6 is 12.2 Å². The summed E-state index contributed by atoms with van der Waals surface area (Å²) in [7, 11) is 3.73. The predicted octanol–water partition coefficient (Wildman–Crippen LogP) is 2.94. The molecule has 2 aromatic rings. The molecule has 1 heterocycles. The zero-order chi connectivity index (χ0) is 15.8. The third-order valence-corrected chi connectivity index (χ3v) is 3.30. The van der Waals surface area contributed by atoms with Crippen molar-refractivity contribution in [1.82, 2.24) is 15.3 Å². The maximum absolute atomic E-state index is 5.19. The smallest absolute Gasteiger partial charge is 0.189 e. The molecule has 0 bridgehead atoms. The fourth-order valence-electron chi connectivity index (χ4n) is 1.64. The van der Waals surface area contributed by atoms with Crippen molar-refractivity contribution < 1.29 is 0 Å². The van der Waals surface area contributed by atoms with Crippen molar-refractivity contribution in [1.29, 1.82) is 0 Å². The quantitative estimate of drug-likeness (QED) is 0.535. The van der Waals surface area contributed by atoms with Crippen molar-refractivity contribution in [2.24, 2.45) is 5.10 Å². The van der Waals surface area contributed by atoms with Crippen LogP contribution in [0.3, 0.4) is 0 Å². The Balaban J connectivity index is 2.24. The standard InChI is InChI=1S/C17H18N4S/c1-21(2)17(22)20-19-16(15-10-6-7-13-18-15)12-11-14-8-4-3-5-9-14/h3-13H,1-2H3,(H,20,22)/b12-11+,19-16-. The molecule has 112 valence electrons. The van der Waals surface area contributed by atoms with E-state index in [-0.39, 0.29) is 0 Å². The van der Waals surface area contributed by atoms with Crippen LogP contribution in [0.1, 0.15) is 11.3 Å². The molecule has 0 aliphatic rings. The number of hydrogen-bond donors (Lipinski definition) is 1. The van der Waals surface area contributed by atoms with E-state index in [1.165, 1.54) is 0 Å². The Kier molecular flexibility index (Phi) is 5.80. The van der Waals surface area contributed by atoms with E-state index in [1.54, 1.807) is 11.1 Å². The Bertz CT molecular complexity index is 664. The Hall–Kier alpha value is -2.53. The molecule has 0 aliphatic carbocycles. The third kappa shape index (κ3) is 4.79. The fraction of sp³-hybridized carbons (Fsp3) is 0.118. The van der Waals surface area contributed by atoms with E-state index in [0.717, 1.165) is 11.3 Å². The SMILES string of the molecule is CN(C)C(=S)N/N=C(/C=C/c1ccccc1)c1ccccn1. The second-order valence-electron chi connectivity index (χ2n) is 4.77. The highest BCUT2D eigenvalue weighted by molar-refractivity contribution is 7.80. The van der Waals surface area contributed by atoms with Gasteiger partial charge in [-0.05, 0) is 36.0 Å². The molecule has 1 aromatic carbocycles. The highest BCUT2D eigenvalue weighted by atomic mass is 32.1. The molecular formula is C17H18N4S. The van der Waals surface area contributed by atoms with Gasteiger partial charge in [0.1, 0.15) is 5.71 Å². The van der Waals surface area contributed by atoms with Crippen LogP contribution in [-0.4, -0.2) is 34.8 Å². The van der Waals surface area contributed by atoms with E-state index in [2.05, 4.69) is 15.5 Å². The first-order valence-electron chi connectivity index (χ1n) is 6.86. The second kappa shape index (κ2) is 8.05. The van der Waals surface area contributed by atoms with Gasteiger partial charge in [-0.1, -0.05) is 42.5 Å². The van der Waals surface area contributed by atoms with Crippen LogP contribution in [0.5, 0.6) is 0 Å². The number of aromatic nitrogens is 1. The van der Waals surface area contributed by atoms with Crippen LogP contribution in [0.2, 0.25) is 0 Å². The zero-order valence-electron chi connectivity index (χ0n) is 12.6. The van der Waals surface area contributed by atoms with E-state index >= 15 is 0 Å². The minimum atomic E-state index is 0.543. The number of pyridine rings is 1. The van der Waals surface area contributed by atoms with Gasteiger partial charge in [-0.15, -0.1) is 0 Å². The average Bonchev–Trinajstić information content (AvgIpc) is 2.56. The number of allylic oxidation sites excluding steroid dienone is 1. The van der Waals surface area contributed by atoms with Gasteiger partial charge in [0.15, 0.2) is 5.11 Å². The van der Waals surface area contributed by atoms with E-state index in [1.807, 2.05) is 74.8 Å². The van der Waals surface area contributed by atoms with E-state index in [0.29, 0.717) is 10.8 Å². The number of benzene rings is 1. The molecule has 0 saturated heterocycles. The summed E-state index contributed by atoms with van der Waals surface area (Å²) in [5, 5.41) is 4.91. The fourth-order valence-corrected chi connectivity index (χ4v) is 1.69. The van der Waals surface area contributed by atoms with E-state index in [4.69, 9.17) is 12.2 Å². The highest BCUT2D eigenvalue weighted by Crippen LogP contribution is 2.04. The maximum atomic E-state index is 5.19. The lowest BCUT2D eigenvalue weighted by atomic mass is 10.1. The molecule has 5 heteroatoms. The first-order valence-corrected chi connectivity index (χ1v) is 7.27. The monoisotopic (exact) mass is 310 g/mol. The van der Waals surface area contributed by atoms with Crippen LogP contribution < -0.4 is 5.43 Å². The predicted molar refractivity (Wildman–Crippen MR) is 95.7 cm³/mol. The number of rotatable bonds is 4. The molecule has 0 radical (unpaired) electrons. The molecule has 0 aliphatic heterocycles. The second-order valence-corrected chi connectivity index (χ2v) is 5.15. The Morgan fingerprint density at radius 2 is 1.86 bits per heavy atom. The first-order chi connectivity index (χ1) is 10.7. The van der Waals surface area contributed by atoms with Crippen molar-refractivity contribution >= 4 is 29.1 Å². The van der Waals surface area contributed by atoms with Crippen LogP contribution in [-0.2, 0) is 0 Å². The molecule has 0 saturated carbocycles. The molecule has 0 atom stereocenters. The molecule has 0 unspecified atom stereocenters. The number of hydrazone groups is 1. The van der Waals surface area contributed by atoms with E-state index in [9.17, 15) is 0 Å². The number of hydrogen-bond acceptors (Lipinski definition) is 3. The molecular weight excluding hydrogens is 292 g/mol. The Labute approximate surface area is 136 Å². The molecule has 4 nitrogen and oxygen atoms in total. The summed E-state index contributed by atoms with van der Waals surface area (Å²) in [6.45, 7) is 0. The maximum Gasteiger partial charge on any atom is 0.189 e. The molecule has 1 N–H and O–H groups in total. The van der Waals surface area contributed by atoms with Crippen molar-refractivity contribution in [3.63, 3.8) is 0 Å². The molecule has 1 aromatic heterocycles. The van der Waals surface area contributed by atoms with Gasteiger partial charge in [-0.2, -0.15) is 5.10 Å². The molecule has 2 rings (SSSR count). The van der Waals surface area contributed by atoms with Crippen molar-refractivity contribution in [3.05, 3.63) is 72.1 Å². The van der Waals surface area contributed by atoms with Gasteiger partial charge in [0.25, 0.3) is 0 Å².